The molecule has 0 rings (SSSR count). The number of rotatable bonds is 40. The number of allylic oxidation sites excluding steroid dienone is 2. The average molecular weight is 727 g/mol. The quantitative estimate of drug-likeness (QED) is 0.0354. The fraction of sp³-hybridized carbons (Fsp3) is 0.909. The Morgan fingerprint density at radius 1 is 0.314 bits per heavy atom. The van der Waals surface area contributed by atoms with Crippen LogP contribution in [-0.4, -0.2) is 55.2 Å². The smallest absolute Gasteiger partial charge is 0.222 e. The van der Waals surface area contributed by atoms with Crippen LogP contribution in [-0.2, 0) is 33.2 Å². The van der Waals surface area contributed by atoms with E-state index in [2.05, 4.69) is 13.8 Å². The summed E-state index contributed by atoms with van der Waals surface area (Å²) in [6.07, 6.45) is 37.0. The monoisotopic (exact) mass is 727 g/mol. The van der Waals surface area contributed by atoms with Crippen molar-refractivity contribution >= 4 is 0 Å². The molecular formula is C44H86O7. The van der Waals surface area contributed by atoms with Gasteiger partial charge in [0.05, 0.1) is 28.4 Å². The molecule has 7 heteroatoms. The molecule has 0 aromatic heterocycles. The van der Waals surface area contributed by atoms with Gasteiger partial charge in [0.15, 0.2) is 11.5 Å². The van der Waals surface area contributed by atoms with E-state index in [1.807, 2.05) is 0 Å². The molecule has 0 fully saturated rings. The van der Waals surface area contributed by atoms with Gasteiger partial charge >= 0.3 is 0 Å². The molecule has 0 saturated carbocycles. The zero-order valence-corrected chi connectivity index (χ0v) is 35.2. The summed E-state index contributed by atoms with van der Waals surface area (Å²) in [5.41, 5.74) is 0. The first-order valence-corrected chi connectivity index (χ1v) is 21.4. The number of methoxy groups -OCH3 is 6. The molecule has 0 amide bonds. The second kappa shape index (κ2) is 38.3. The van der Waals surface area contributed by atoms with Crippen molar-refractivity contribution in [1.29, 1.82) is 0 Å². The van der Waals surface area contributed by atoms with Gasteiger partial charge in [-0.15, -0.1) is 0 Å². The number of unbranched alkanes of at least 4 members (excludes halogenated alkanes) is 26. The molecule has 0 spiro atoms. The predicted molar refractivity (Wildman–Crippen MR) is 215 cm³/mol. The summed E-state index contributed by atoms with van der Waals surface area (Å²) < 4.78 is 41.0. The van der Waals surface area contributed by atoms with Gasteiger partial charge in [-0.25, -0.2) is 0 Å². The summed E-state index contributed by atoms with van der Waals surface area (Å²) in [5.74, 6) is 2.49. The van der Waals surface area contributed by atoms with Crippen molar-refractivity contribution in [2.75, 3.05) is 42.7 Å². The van der Waals surface area contributed by atoms with Gasteiger partial charge in [-0.3, -0.25) is 0 Å². The number of hydrogen-bond donors (Lipinski definition) is 0. The molecule has 0 aliphatic carbocycles. The SMILES string of the molecule is CCCCCCCCCCCCCCCCC(OC)=C(OC)C(OC)OC(OC)C(OC)=C(CCCCCCCCCCCCCCCC)OC. The van der Waals surface area contributed by atoms with Gasteiger partial charge in [-0.1, -0.05) is 181 Å². The maximum atomic E-state index is 6.30. The van der Waals surface area contributed by atoms with Gasteiger partial charge in [-0.2, -0.15) is 0 Å². The van der Waals surface area contributed by atoms with Crippen LogP contribution in [0.5, 0.6) is 0 Å². The minimum Gasteiger partial charge on any atom is -0.497 e. The molecule has 0 aliphatic heterocycles. The van der Waals surface area contributed by atoms with Crippen LogP contribution in [0.1, 0.15) is 206 Å². The lowest BCUT2D eigenvalue weighted by molar-refractivity contribution is -0.223. The molecule has 0 heterocycles. The third kappa shape index (κ3) is 26.9. The van der Waals surface area contributed by atoms with Gasteiger partial charge < -0.3 is 33.2 Å². The third-order valence-electron chi connectivity index (χ3n) is 10.1. The third-order valence-corrected chi connectivity index (χ3v) is 10.1. The molecule has 2 unspecified atom stereocenters. The van der Waals surface area contributed by atoms with E-state index in [1.54, 1.807) is 42.7 Å². The maximum absolute atomic E-state index is 6.30. The van der Waals surface area contributed by atoms with Crippen LogP contribution < -0.4 is 0 Å². The molecule has 0 saturated heterocycles. The first kappa shape index (κ1) is 49.6. The summed E-state index contributed by atoms with van der Waals surface area (Å²) in [6, 6.07) is 0. The molecule has 0 radical (unpaired) electrons. The van der Waals surface area contributed by atoms with E-state index in [4.69, 9.17) is 33.2 Å². The van der Waals surface area contributed by atoms with Crippen molar-refractivity contribution in [3.8, 4) is 0 Å². The van der Waals surface area contributed by atoms with E-state index in [0.717, 1.165) is 50.0 Å². The molecule has 7 nitrogen and oxygen atoms in total. The first-order valence-electron chi connectivity index (χ1n) is 21.4. The molecule has 2 atom stereocenters. The lowest BCUT2D eigenvalue weighted by Gasteiger charge is -2.27. The molecule has 0 bridgehead atoms. The largest absolute Gasteiger partial charge is 0.497 e. The van der Waals surface area contributed by atoms with Crippen molar-refractivity contribution < 1.29 is 33.2 Å². The van der Waals surface area contributed by atoms with Gasteiger partial charge in [-0.05, 0) is 12.8 Å². The van der Waals surface area contributed by atoms with Gasteiger partial charge in [0.1, 0.15) is 11.5 Å². The normalized spacial score (nSPS) is 13.8. The minimum atomic E-state index is -0.828. The van der Waals surface area contributed by atoms with Crippen LogP contribution in [0.2, 0.25) is 0 Å². The Balaban J connectivity index is 4.67. The van der Waals surface area contributed by atoms with E-state index in [0.29, 0.717) is 11.5 Å². The fourth-order valence-electron chi connectivity index (χ4n) is 6.86. The first-order chi connectivity index (χ1) is 25.1. The van der Waals surface area contributed by atoms with E-state index in [9.17, 15) is 0 Å². The highest BCUT2D eigenvalue weighted by Crippen LogP contribution is 2.27. The summed E-state index contributed by atoms with van der Waals surface area (Å²) in [6.45, 7) is 4.56. The van der Waals surface area contributed by atoms with E-state index >= 15 is 0 Å². The topological polar surface area (TPSA) is 64.6 Å². The highest BCUT2D eigenvalue weighted by atomic mass is 16.8. The van der Waals surface area contributed by atoms with E-state index < -0.39 is 12.6 Å². The van der Waals surface area contributed by atoms with Crippen molar-refractivity contribution in [1.82, 2.24) is 0 Å². The molecule has 51 heavy (non-hydrogen) atoms. The highest BCUT2D eigenvalue weighted by molar-refractivity contribution is 5.08. The van der Waals surface area contributed by atoms with Crippen molar-refractivity contribution in [2.24, 2.45) is 0 Å². The van der Waals surface area contributed by atoms with Crippen LogP contribution in [0.3, 0.4) is 0 Å². The zero-order valence-electron chi connectivity index (χ0n) is 35.2. The van der Waals surface area contributed by atoms with Crippen molar-refractivity contribution in [2.45, 2.75) is 219 Å². The predicted octanol–water partition coefficient (Wildman–Crippen LogP) is 13.7. The van der Waals surface area contributed by atoms with Gasteiger partial charge in [0, 0.05) is 27.1 Å². The Bertz CT molecular complexity index is 732. The summed E-state index contributed by atoms with van der Waals surface area (Å²) in [5, 5.41) is 0. The minimum absolute atomic E-state index is 0.512. The number of hydrogen-bond acceptors (Lipinski definition) is 7. The Labute approximate surface area is 317 Å². The van der Waals surface area contributed by atoms with Crippen LogP contribution in [0.15, 0.2) is 23.0 Å². The fourth-order valence-corrected chi connectivity index (χ4v) is 6.86. The van der Waals surface area contributed by atoms with Gasteiger partial charge in [0.2, 0.25) is 12.6 Å². The lowest BCUT2D eigenvalue weighted by atomic mass is 10.0. The standard InChI is InChI=1S/C44H86O7/c1-9-11-13-15-17-19-21-23-25-27-29-31-33-35-37-39(45-3)41(47-5)43(49-7)51-44(50-8)42(48-6)40(46-4)38-36-34-32-30-28-26-24-22-20-18-16-14-12-10-2/h43-44H,9-38H2,1-8H3. The summed E-state index contributed by atoms with van der Waals surface area (Å²) >= 11 is 0. The Kier molecular flexibility index (Phi) is 37.2. The lowest BCUT2D eigenvalue weighted by Crippen LogP contribution is -2.31. The Hall–Kier alpha value is -1.44. The Morgan fingerprint density at radius 3 is 0.745 bits per heavy atom. The Morgan fingerprint density at radius 2 is 0.549 bits per heavy atom. The van der Waals surface area contributed by atoms with Crippen LogP contribution in [0.4, 0.5) is 0 Å². The zero-order chi connectivity index (χ0) is 37.6. The van der Waals surface area contributed by atoms with E-state index in [-0.39, 0.29) is 0 Å². The molecule has 0 aromatic carbocycles. The van der Waals surface area contributed by atoms with Crippen LogP contribution in [0.25, 0.3) is 0 Å². The maximum Gasteiger partial charge on any atom is 0.222 e. The van der Waals surface area contributed by atoms with Crippen molar-refractivity contribution in [3.05, 3.63) is 23.0 Å². The molecule has 304 valence electrons. The highest BCUT2D eigenvalue weighted by Gasteiger charge is 2.29. The van der Waals surface area contributed by atoms with Gasteiger partial charge in [0.25, 0.3) is 0 Å². The van der Waals surface area contributed by atoms with Crippen LogP contribution >= 0.6 is 0 Å². The molecule has 0 aromatic rings. The summed E-state index contributed by atoms with van der Waals surface area (Å²) in [7, 11) is 9.80. The van der Waals surface area contributed by atoms with Crippen molar-refractivity contribution in [3.63, 3.8) is 0 Å². The average Bonchev–Trinajstić information content (AvgIpc) is 3.15. The molecule has 0 aliphatic rings. The number of ether oxygens (including phenoxy) is 7. The van der Waals surface area contributed by atoms with Crippen LogP contribution in [0, 0.1) is 0 Å². The second-order valence-electron chi connectivity index (χ2n) is 14.4. The molecular weight excluding hydrogens is 640 g/mol. The second-order valence-corrected chi connectivity index (χ2v) is 14.4. The van der Waals surface area contributed by atoms with E-state index in [1.165, 1.54) is 154 Å². The molecule has 0 N–H and O–H groups in total. The summed E-state index contributed by atoms with van der Waals surface area (Å²) in [4.78, 5) is 0.